The number of carboxylic acids is 3. The molecule has 0 bridgehead atoms. The Morgan fingerprint density at radius 3 is 1.07 bits per heavy atom. The lowest BCUT2D eigenvalue weighted by Crippen LogP contribution is -2.16. The van der Waals surface area contributed by atoms with Gasteiger partial charge in [0, 0.05) is 6.07 Å². The monoisotopic (exact) mass is 1370 g/mol. The van der Waals surface area contributed by atoms with Gasteiger partial charge >= 0.3 is 43.0 Å². The highest BCUT2D eigenvalue weighted by Gasteiger charge is 2.35. The maximum absolute atomic E-state index is 13.6. The molecule has 3 aromatic heterocycles. The summed E-state index contributed by atoms with van der Waals surface area (Å²) < 4.78 is 197. The van der Waals surface area contributed by atoms with E-state index in [-0.39, 0.29) is 79.4 Å². The number of hydrogen-bond acceptors (Lipinski definition) is 14. The van der Waals surface area contributed by atoms with E-state index < -0.39 is 112 Å². The zero-order chi connectivity index (χ0) is 70.4. The predicted octanol–water partition coefficient (Wildman–Crippen LogP) is 16.1. The van der Waals surface area contributed by atoms with Crippen LogP contribution in [0.25, 0.3) is 0 Å². The van der Waals surface area contributed by atoms with Crippen molar-refractivity contribution in [3.63, 3.8) is 0 Å². The molecule has 0 fully saturated rings. The van der Waals surface area contributed by atoms with Crippen LogP contribution in [0.1, 0.15) is 79.2 Å². The number of alkyl halides is 11. The van der Waals surface area contributed by atoms with Crippen molar-refractivity contribution in [2.75, 3.05) is 23.1 Å². The molecule has 0 aliphatic heterocycles. The molecule has 3 heterocycles. The number of methoxy groups -OCH3 is 1. The van der Waals surface area contributed by atoms with E-state index in [1.807, 2.05) is 0 Å². The number of hydrogen-bond donors (Lipinski definition) is 6. The lowest BCUT2D eigenvalue weighted by atomic mass is 10.1. The highest BCUT2D eigenvalue weighted by atomic mass is 35.5. The molecule has 0 unspecified atom stereocenters. The van der Waals surface area contributed by atoms with Crippen molar-refractivity contribution < 1.29 is 125 Å². The molecule has 0 radical (unpaired) electrons. The molecule has 0 saturated carbocycles. The molecule has 9 rings (SSSR count). The first-order valence-corrected chi connectivity index (χ1v) is 26.6. The number of nitrogens with one attached hydrogen (secondary N) is 3. The number of carbonyl (C=O) groups is 6. The van der Waals surface area contributed by atoms with Gasteiger partial charge in [0.1, 0.15) is 51.7 Å². The number of aromatic carboxylic acids is 3. The van der Waals surface area contributed by atoms with Crippen molar-refractivity contribution in [1.82, 2.24) is 15.0 Å². The topological polar surface area (TPSA) is 284 Å². The number of pyridine rings is 3. The second-order valence-electron chi connectivity index (χ2n) is 18.7. The lowest BCUT2D eigenvalue weighted by molar-refractivity contribution is -0.138. The molecule has 3 amide bonds. The first-order chi connectivity index (χ1) is 45.2. The van der Waals surface area contributed by atoms with E-state index in [0.29, 0.717) is 36.4 Å². The number of anilines is 3. The maximum Gasteiger partial charge on any atom is 0.416 e. The Bertz CT molecular complexity index is 4360. The molecule has 0 aliphatic carbocycles. The minimum Gasteiger partial charge on any atom is -0.493 e. The van der Waals surface area contributed by atoms with Gasteiger partial charge in [-0.15, -0.1) is 0 Å². The highest BCUT2D eigenvalue weighted by molar-refractivity contribution is 6.32. The summed E-state index contributed by atoms with van der Waals surface area (Å²) in [4.78, 5) is 81.6. The highest BCUT2D eigenvalue weighted by Crippen LogP contribution is 2.41. The smallest absolute Gasteiger partial charge is 0.416 e. The molecule has 0 atom stereocenters. The van der Waals surface area contributed by atoms with Gasteiger partial charge in [0.2, 0.25) is 0 Å². The maximum atomic E-state index is 13.6. The van der Waals surface area contributed by atoms with Gasteiger partial charge in [-0.25, -0.2) is 38.1 Å². The number of aromatic nitrogens is 3. The fraction of sp³-hybridized carbons (Fsp3) is 0.0806. The lowest BCUT2D eigenvalue weighted by Gasteiger charge is -2.16. The third kappa shape index (κ3) is 19.5. The Balaban J connectivity index is 0.000000203. The van der Waals surface area contributed by atoms with Crippen LogP contribution in [-0.2, 0) is 18.5 Å². The van der Waals surface area contributed by atoms with Crippen LogP contribution >= 0.6 is 11.6 Å². The van der Waals surface area contributed by atoms with Crippen molar-refractivity contribution in [3.05, 3.63) is 237 Å². The van der Waals surface area contributed by atoms with Crippen LogP contribution in [-0.4, -0.2) is 79.6 Å². The van der Waals surface area contributed by atoms with Crippen LogP contribution in [0.2, 0.25) is 5.02 Å². The normalized spacial score (nSPS) is 11.1. The first kappa shape index (κ1) is 71.4. The number of nitrogens with zero attached hydrogens (tertiary/aromatic N) is 3. The van der Waals surface area contributed by atoms with Crippen molar-refractivity contribution in [1.29, 1.82) is 0 Å². The Hall–Kier alpha value is -12.0. The van der Waals surface area contributed by atoms with E-state index >= 15 is 0 Å². The summed E-state index contributed by atoms with van der Waals surface area (Å²) >= 11 is 5.88. The number of carbonyl (C=O) groups excluding carboxylic acids is 3. The number of carboxylic acid groups (broad SMARTS) is 3. The summed E-state index contributed by atoms with van der Waals surface area (Å²) in [7, 11) is 1.29. The Morgan fingerprint density at radius 2 is 0.750 bits per heavy atom. The standard InChI is InChI=1S/C21H13F5N2O5.C21H14F4N2O5.C20H11ClF4N2O4/c22-20(23)33-17-4-2-1-3-16(17)32-15-8-5-11(21(24,25)26)9-13(15)18(29)28-12-6-7-14(19(30)31)27-10-12;1-31-17-7-3-12(22)9-18(17)32-16-6-2-11(21(23,24)25)8-14(16)19(28)27-13-4-5-15(20(29)30)26-10-13;21-14-8-11(22)2-6-17(14)31-16-5-1-10(20(23,24)25)7-13(16)18(28)27-12-3-4-15(19(29)30)26-9-12/h1-10,20H,(H,28,29)(H,30,31);2-10H,1H3,(H,27,28)(H,29,30);1-9H,(H,27,28)(H,29,30). The zero-order valence-electron chi connectivity index (χ0n) is 47.7. The largest absolute Gasteiger partial charge is 0.493 e. The van der Waals surface area contributed by atoms with Gasteiger partial charge in [-0.05, 0) is 133 Å². The van der Waals surface area contributed by atoms with Gasteiger partial charge < -0.3 is 55.0 Å². The van der Waals surface area contributed by atoms with Gasteiger partial charge in [0.15, 0.2) is 23.0 Å². The van der Waals surface area contributed by atoms with Crippen LogP contribution in [0.3, 0.4) is 0 Å². The summed E-state index contributed by atoms with van der Waals surface area (Å²) in [5, 5.41) is 33.4. The third-order valence-electron chi connectivity index (χ3n) is 12.1. The van der Waals surface area contributed by atoms with E-state index in [9.17, 15) is 85.8 Å². The summed E-state index contributed by atoms with van der Waals surface area (Å²) in [5.41, 5.74) is -5.75. The summed E-state index contributed by atoms with van der Waals surface area (Å²) in [6.45, 7) is -3.19. The van der Waals surface area contributed by atoms with Gasteiger partial charge in [0.05, 0.1) is 81.2 Å². The van der Waals surface area contributed by atoms with E-state index in [1.165, 1.54) is 49.6 Å². The Morgan fingerprint density at radius 1 is 0.417 bits per heavy atom. The number of amides is 3. The third-order valence-corrected chi connectivity index (χ3v) is 12.4. The van der Waals surface area contributed by atoms with E-state index in [0.717, 1.165) is 91.4 Å². The average Bonchev–Trinajstić information content (AvgIpc) is 0.824. The molecule has 20 nitrogen and oxygen atoms in total. The fourth-order valence-corrected chi connectivity index (χ4v) is 7.87. The number of halogens is 14. The minimum atomic E-state index is -4.78. The summed E-state index contributed by atoms with van der Waals surface area (Å²) in [6, 6.07) is 25.0. The quantitative estimate of drug-likeness (QED) is 0.0435. The summed E-state index contributed by atoms with van der Waals surface area (Å²) in [6.07, 6.45) is -11.2. The van der Waals surface area contributed by atoms with Gasteiger partial charge in [0.25, 0.3) is 17.7 Å². The van der Waals surface area contributed by atoms with Gasteiger partial charge in [-0.2, -0.15) is 48.3 Å². The van der Waals surface area contributed by atoms with Crippen molar-refractivity contribution in [2.45, 2.75) is 25.1 Å². The van der Waals surface area contributed by atoms with Crippen LogP contribution in [0.4, 0.5) is 74.1 Å². The molecule has 96 heavy (non-hydrogen) atoms. The SMILES string of the molecule is COc1ccc(F)cc1Oc1ccc(C(F)(F)F)cc1C(=O)Nc1ccc(C(=O)O)nc1.O=C(O)c1ccc(NC(=O)c2cc(C(F)(F)F)ccc2Oc2ccc(F)cc2Cl)cn1.O=C(O)c1ccc(NC(=O)c2cc(C(F)(F)F)ccc2Oc2ccccc2OC(F)F)cn1. The molecular formula is C62H38ClF13N6O14. The van der Waals surface area contributed by atoms with Crippen LogP contribution in [0, 0.1) is 11.6 Å². The number of para-hydroxylation sites is 2. The van der Waals surface area contributed by atoms with Crippen molar-refractivity contribution >= 4 is 64.3 Å². The molecule has 498 valence electrons. The van der Waals surface area contributed by atoms with E-state index in [4.69, 9.17) is 45.9 Å². The minimum absolute atomic E-state index is 0.00482. The first-order valence-electron chi connectivity index (χ1n) is 26.2. The van der Waals surface area contributed by atoms with Crippen LogP contribution in [0.15, 0.2) is 170 Å². The molecular weight excluding hydrogens is 1340 g/mol. The molecule has 34 heteroatoms. The second-order valence-corrected chi connectivity index (χ2v) is 19.1. The molecule has 0 saturated heterocycles. The number of rotatable bonds is 18. The molecule has 6 N–H and O–H groups in total. The molecule has 0 spiro atoms. The van der Waals surface area contributed by atoms with Crippen LogP contribution < -0.4 is 39.6 Å². The second kappa shape index (κ2) is 30.6. The van der Waals surface area contributed by atoms with Gasteiger partial charge in [-0.3, -0.25) is 14.4 Å². The Labute approximate surface area is 534 Å². The fourth-order valence-electron chi connectivity index (χ4n) is 7.67. The van der Waals surface area contributed by atoms with E-state index in [2.05, 4.69) is 35.6 Å². The van der Waals surface area contributed by atoms with E-state index in [1.54, 1.807) is 0 Å². The average molecular weight is 1370 g/mol. The molecule has 0 aliphatic rings. The van der Waals surface area contributed by atoms with Crippen molar-refractivity contribution in [3.8, 4) is 46.0 Å². The molecule has 6 aromatic carbocycles. The zero-order valence-corrected chi connectivity index (χ0v) is 48.5. The van der Waals surface area contributed by atoms with Crippen LogP contribution in [0.5, 0.6) is 46.0 Å². The van der Waals surface area contributed by atoms with Gasteiger partial charge in [-0.1, -0.05) is 23.7 Å². The Kier molecular flexibility index (Phi) is 22.8. The summed E-state index contributed by atoms with van der Waals surface area (Å²) in [5.74, 6) is -10.0. The molecule has 9 aromatic rings. The van der Waals surface area contributed by atoms with Crippen molar-refractivity contribution in [2.24, 2.45) is 0 Å². The predicted molar refractivity (Wildman–Crippen MR) is 309 cm³/mol. The number of ether oxygens (including phenoxy) is 5. The number of benzene rings is 6.